The molecule has 1 aromatic heterocycles. The number of H-pyrrole nitrogens is 1. The van der Waals surface area contributed by atoms with Gasteiger partial charge in [-0.3, -0.25) is 4.79 Å². The van der Waals surface area contributed by atoms with E-state index < -0.39 is 0 Å². The number of aromatic nitrogens is 2. The van der Waals surface area contributed by atoms with E-state index in [4.69, 9.17) is 5.73 Å². The maximum atomic E-state index is 11.2. The molecule has 0 saturated carbocycles. The number of rotatable bonds is 4. The van der Waals surface area contributed by atoms with Gasteiger partial charge in [-0.25, -0.2) is 4.98 Å². The Bertz CT molecular complexity index is 309. The molecule has 0 aliphatic rings. The van der Waals surface area contributed by atoms with Crippen LogP contribution in [0.2, 0.25) is 0 Å². The van der Waals surface area contributed by atoms with E-state index in [2.05, 4.69) is 9.97 Å². The van der Waals surface area contributed by atoms with Crippen molar-refractivity contribution in [3.63, 3.8) is 0 Å². The summed E-state index contributed by atoms with van der Waals surface area (Å²) in [4.78, 5) is 19.6. The monoisotopic (exact) mass is 182 g/mol. The number of nitrogens with one attached hydrogen (secondary N) is 1. The summed E-state index contributed by atoms with van der Waals surface area (Å²) in [5, 5.41) is 0. The molecule has 3 N–H and O–H groups in total. The molecule has 0 atom stereocenters. The highest BCUT2D eigenvalue weighted by molar-refractivity contribution is 5.33. The van der Waals surface area contributed by atoms with Crippen molar-refractivity contribution in [1.29, 1.82) is 0 Å². The highest BCUT2D eigenvalue weighted by Crippen LogP contribution is 1.98. The van der Waals surface area contributed by atoms with Crippen molar-refractivity contribution < 1.29 is 0 Å². The van der Waals surface area contributed by atoms with Crippen LogP contribution in [0.4, 0.5) is 5.82 Å². The van der Waals surface area contributed by atoms with Crippen LogP contribution in [0.15, 0.2) is 17.2 Å². The Hall–Kier alpha value is -1.36. The molecular formula is C8H14N4O. The van der Waals surface area contributed by atoms with Crippen LogP contribution in [-0.4, -0.2) is 30.1 Å². The zero-order valence-electron chi connectivity index (χ0n) is 7.66. The minimum atomic E-state index is -0.165. The molecule has 0 unspecified atom stereocenters. The Labute approximate surface area is 76.6 Å². The third-order valence-corrected chi connectivity index (χ3v) is 1.75. The Morgan fingerprint density at radius 1 is 1.69 bits per heavy atom. The first-order chi connectivity index (χ1) is 6.25. The van der Waals surface area contributed by atoms with Gasteiger partial charge >= 0.3 is 0 Å². The summed E-state index contributed by atoms with van der Waals surface area (Å²) in [7, 11) is 1.83. The molecule has 0 aromatic carbocycles. The molecule has 0 bridgehead atoms. The molecule has 0 radical (unpaired) electrons. The molecule has 13 heavy (non-hydrogen) atoms. The molecule has 1 heterocycles. The van der Waals surface area contributed by atoms with Crippen LogP contribution in [-0.2, 0) is 0 Å². The molecule has 72 valence electrons. The van der Waals surface area contributed by atoms with Gasteiger partial charge in [-0.15, -0.1) is 0 Å². The molecule has 5 heteroatoms. The van der Waals surface area contributed by atoms with Crippen molar-refractivity contribution in [2.24, 2.45) is 5.73 Å². The summed E-state index contributed by atoms with van der Waals surface area (Å²) in [5.74, 6) is 0.441. The third-order valence-electron chi connectivity index (χ3n) is 1.75. The predicted molar refractivity (Wildman–Crippen MR) is 51.8 cm³/mol. The summed E-state index contributed by atoms with van der Waals surface area (Å²) >= 11 is 0. The zero-order valence-corrected chi connectivity index (χ0v) is 7.66. The van der Waals surface area contributed by atoms with Crippen LogP contribution in [0.25, 0.3) is 0 Å². The molecule has 0 fully saturated rings. The van der Waals surface area contributed by atoms with E-state index in [0.29, 0.717) is 12.4 Å². The number of nitrogens with two attached hydrogens (primary N) is 1. The molecule has 0 amide bonds. The van der Waals surface area contributed by atoms with E-state index in [1.807, 2.05) is 7.05 Å². The smallest absolute Gasteiger partial charge is 0.290 e. The van der Waals surface area contributed by atoms with E-state index in [1.165, 1.54) is 6.20 Å². The first kappa shape index (κ1) is 9.73. The topological polar surface area (TPSA) is 75.0 Å². The lowest BCUT2D eigenvalue weighted by molar-refractivity contribution is 0.780. The maximum Gasteiger partial charge on any atom is 0.290 e. The van der Waals surface area contributed by atoms with Crippen LogP contribution in [0.5, 0.6) is 0 Å². The van der Waals surface area contributed by atoms with Gasteiger partial charge < -0.3 is 15.6 Å². The van der Waals surface area contributed by atoms with Gasteiger partial charge in [-0.1, -0.05) is 0 Å². The number of hydrogen-bond acceptors (Lipinski definition) is 4. The number of aromatic amines is 1. The Balaban J connectivity index is 2.71. The summed E-state index contributed by atoms with van der Waals surface area (Å²) in [6, 6.07) is 0. The molecule has 5 nitrogen and oxygen atoms in total. The quantitative estimate of drug-likeness (QED) is 0.661. The summed E-state index contributed by atoms with van der Waals surface area (Å²) in [5.41, 5.74) is 5.20. The molecule has 0 aliphatic carbocycles. The van der Waals surface area contributed by atoms with Gasteiger partial charge in [0.05, 0.1) is 0 Å². The average molecular weight is 182 g/mol. The van der Waals surface area contributed by atoms with E-state index in [-0.39, 0.29) is 5.56 Å². The van der Waals surface area contributed by atoms with E-state index >= 15 is 0 Å². The van der Waals surface area contributed by atoms with Crippen LogP contribution in [0, 0.1) is 0 Å². The fourth-order valence-corrected chi connectivity index (χ4v) is 1.05. The van der Waals surface area contributed by atoms with Gasteiger partial charge in [0, 0.05) is 26.0 Å². The van der Waals surface area contributed by atoms with Gasteiger partial charge in [0.25, 0.3) is 5.56 Å². The van der Waals surface area contributed by atoms with Gasteiger partial charge in [-0.05, 0) is 13.0 Å². The zero-order chi connectivity index (χ0) is 9.68. The fourth-order valence-electron chi connectivity index (χ4n) is 1.05. The lowest BCUT2D eigenvalue weighted by atomic mass is 10.4. The fraction of sp³-hybridized carbons (Fsp3) is 0.500. The van der Waals surface area contributed by atoms with E-state index in [9.17, 15) is 4.79 Å². The SMILES string of the molecule is CN(CCCN)c1ncc[nH]c1=O. The molecule has 0 spiro atoms. The highest BCUT2D eigenvalue weighted by Gasteiger charge is 2.04. The largest absolute Gasteiger partial charge is 0.355 e. The van der Waals surface area contributed by atoms with Crippen LogP contribution < -0.4 is 16.2 Å². The average Bonchev–Trinajstić information content (AvgIpc) is 2.15. The minimum Gasteiger partial charge on any atom is -0.355 e. The van der Waals surface area contributed by atoms with Gasteiger partial charge in [0.2, 0.25) is 0 Å². The molecule has 1 rings (SSSR count). The summed E-state index contributed by atoms with van der Waals surface area (Å²) < 4.78 is 0. The minimum absolute atomic E-state index is 0.165. The predicted octanol–water partition coefficient (Wildman–Crippen LogP) is -0.445. The lowest BCUT2D eigenvalue weighted by Crippen LogP contribution is -2.28. The Morgan fingerprint density at radius 3 is 3.08 bits per heavy atom. The van der Waals surface area contributed by atoms with E-state index in [0.717, 1.165) is 13.0 Å². The lowest BCUT2D eigenvalue weighted by Gasteiger charge is -2.15. The first-order valence-electron chi connectivity index (χ1n) is 4.20. The summed E-state index contributed by atoms with van der Waals surface area (Å²) in [6.07, 6.45) is 3.94. The van der Waals surface area contributed by atoms with Crippen molar-refractivity contribution in [2.45, 2.75) is 6.42 Å². The molecule has 0 saturated heterocycles. The Kier molecular flexibility index (Phi) is 3.45. The van der Waals surface area contributed by atoms with Crippen molar-refractivity contribution in [1.82, 2.24) is 9.97 Å². The Morgan fingerprint density at radius 2 is 2.46 bits per heavy atom. The normalized spacial score (nSPS) is 10.0. The van der Waals surface area contributed by atoms with Crippen molar-refractivity contribution in [3.05, 3.63) is 22.7 Å². The van der Waals surface area contributed by atoms with Gasteiger partial charge in [0.1, 0.15) is 0 Å². The second kappa shape index (κ2) is 4.61. The second-order valence-corrected chi connectivity index (χ2v) is 2.81. The van der Waals surface area contributed by atoms with Crippen molar-refractivity contribution >= 4 is 5.82 Å². The maximum absolute atomic E-state index is 11.2. The number of hydrogen-bond donors (Lipinski definition) is 2. The van der Waals surface area contributed by atoms with Crippen molar-refractivity contribution in [2.75, 3.05) is 25.0 Å². The second-order valence-electron chi connectivity index (χ2n) is 2.81. The van der Waals surface area contributed by atoms with Crippen molar-refractivity contribution in [3.8, 4) is 0 Å². The van der Waals surface area contributed by atoms with Gasteiger partial charge in [0.15, 0.2) is 5.82 Å². The summed E-state index contributed by atoms with van der Waals surface area (Å²) in [6.45, 7) is 1.37. The number of nitrogens with zero attached hydrogens (tertiary/aromatic N) is 2. The van der Waals surface area contributed by atoms with Crippen LogP contribution in [0.3, 0.4) is 0 Å². The van der Waals surface area contributed by atoms with E-state index in [1.54, 1.807) is 11.1 Å². The molecular weight excluding hydrogens is 168 g/mol. The highest BCUT2D eigenvalue weighted by atomic mass is 16.1. The van der Waals surface area contributed by atoms with Crippen LogP contribution >= 0.6 is 0 Å². The first-order valence-corrected chi connectivity index (χ1v) is 4.20. The number of anilines is 1. The molecule has 0 aliphatic heterocycles. The van der Waals surface area contributed by atoms with Crippen LogP contribution in [0.1, 0.15) is 6.42 Å². The van der Waals surface area contributed by atoms with Gasteiger partial charge in [-0.2, -0.15) is 0 Å². The standard InChI is InChI=1S/C8H14N4O/c1-12(6-2-3-9)7-8(13)11-5-4-10-7/h4-5H,2-3,6,9H2,1H3,(H,11,13). The molecule has 1 aromatic rings. The third kappa shape index (κ3) is 2.55.